The van der Waals surface area contributed by atoms with Crippen molar-refractivity contribution < 1.29 is 78.5 Å². The van der Waals surface area contributed by atoms with Crippen LogP contribution in [0.3, 0.4) is 0 Å². The van der Waals surface area contributed by atoms with Crippen LogP contribution < -0.4 is 0 Å². The minimum absolute atomic E-state index is 0. The molecule has 35 heavy (non-hydrogen) atoms. The normalized spacial score (nSPS) is 14.8. The summed E-state index contributed by atoms with van der Waals surface area (Å²) in [5.74, 6) is 0. The molecular weight excluding hydrogens is 606 g/mol. The maximum Gasteiger partial charge on any atom is 4.00 e. The van der Waals surface area contributed by atoms with Gasteiger partial charge in [-0.2, -0.15) is 38.5 Å². The van der Waals surface area contributed by atoms with Crippen molar-refractivity contribution in [1.82, 2.24) is 0 Å². The summed E-state index contributed by atoms with van der Waals surface area (Å²) in [5.41, 5.74) is -8.46. The Bertz CT molecular complexity index is 843. The minimum Gasteiger partial charge on any atom is -0.741 e. The molecule has 0 N–H and O–H groups in total. The van der Waals surface area contributed by atoms with Crippen LogP contribution in [0.5, 0.6) is 0 Å². The van der Waals surface area contributed by atoms with Gasteiger partial charge >= 0.3 is 37.2 Å². The Hall–Kier alpha value is -0.757. The van der Waals surface area contributed by atoms with E-state index in [-0.39, 0.29) is 26.2 Å². The Morgan fingerprint density at radius 1 is 0.743 bits per heavy atom. The summed E-state index contributed by atoms with van der Waals surface area (Å²) in [6, 6.07) is 0. The standard InChI is InChI=1S/2C9H13.2CHF3O3S.Zr/c2*1-2-3-6-9-7-4-5-8-9;2*2-1(3,4)8(5,6)7;/h2*4,7H,2-3,5-6H2,1H3;2*(H,5,6,7);/q2*-1;;;+4/p-2. The number of allylic oxidation sites excluding steroid dienone is 8. The number of hydrogen-bond acceptors (Lipinski definition) is 6. The third-order valence-corrected chi connectivity index (χ3v) is 4.83. The average Bonchev–Trinajstić information content (AvgIpc) is 3.37. The Morgan fingerprint density at radius 2 is 1.00 bits per heavy atom. The maximum atomic E-state index is 10.7. The zero-order chi connectivity index (χ0) is 27.1. The summed E-state index contributed by atoms with van der Waals surface area (Å²) in [4.78, 5) is 0. The average molecular weight is 632 g/mol. The molecule has 200 valence electrons. The van der Waals surface area contributed by atoms with Crippen molar-refractivity contribution in [2.75, 3.05) is 0 Å². The molecule has 2 aliphatic carbocycles. The number of halogens is 6. The van der Waals surface area contributed by atoms with Crippen molar-refractivity contribution in [2.24, 2.45) is 0 Å². The van der Waals surface area contributed by atoms with Gasteiger partial charge in [0, 0.05) is 0 Å². The second-order valence-corrected chi connectivity index (χ2v) is 9.37. The molecule has 0 aromatic carbocycles. The molecule has 0 atom stereocenters. The van der Waals surface area contributed by atoms with E-state index in [0.29, 0.717) is 0 Å². The molecule has 2 rings (SSSR count). The van der Waals surface area contributed by atoms with E-state index in [1.54, 1.807) is 0 Å². The van der Waals surface area contributed by atoms with Crippen LogP contribution in [-0.4, -0.2) is 37.0 Å². The topological polar surface area (TPSA) is 114 Å². The number of hydrogen-bond donors (Lipinski definition) is 0. The summed E-state index contributed by atoms with van der Waals surface area (Å²) in [6.07, 6.45) is 25.1. The quantitative estimate of drug-likeness (QED) is 0.158. The number of unbranched alkanes of at least 4 members (excludes halogenated alkanes) is 2. The third kappa shape index (κ3) is 21.1. The van der Waals surface area contributed by atoms with Crippen LogP contribution in [0, 0.1) is 12.2 Å². The molecule has 0 saturated heterocycles. The molecule has 0 spiro atoms. The first-order valence-corrected chi connectivity index (χ1v) is 12.7. The van der Waals surface area contributed by atoms with E-state index < -0.39 is 31.3 Å². The van der Waals surface area contributed by atoms with E-state index in [0.717, 1.165) is 12.8 Å². The van der Waals surface area contributed by atoms with Gasteiger partial charge in [-0.3, -0.25) is 12.2 Å². The van der Waals surface area contributed by atoms with Gasteiger partial charge in [0.15, 0.2) is 20.2 Å². The van der Waals surface area contributed by atoms with Crippen LogP contribution >= 0.6 is 0 Å². The third-order valence-electron chi connectivity index (χ3n) is 3.70. The van der Waals surface area contributed by atoms with Gasteiger partial charge in [-0.15, -0.1) is 12.8 Å². The van der Waals surface area contributed by atoms with Crippen LogP contribution in [0.1, 0.15) is 65.2 Å². The molecular formula is C20H26F6O6S2Zr. The maximum absolute atomic E-state index is 10.7. The second-order valence-electron chi connectivity index (χ2n) is 6.62. The van der Waals surface area contributed by atoms with E-state index in [9.17, 15) is 26.3 Å². The second kappa shape index (κ2) is 18.5. The van der Waals surface area contributed by atoms with Gasteiger partial charge in [-0.05, 0) is 0 Å². The minimum atomic E-state index is -6.09. The van der Waals surface area contributed by atoms with Crippen LogP contribution in [0.25, 0.3) is 0 Å². The molecule has 6 nitrogen and oxygen atoms in total. The number of alkyl halides is 6. The van der Waals surface area contributed by atoms with Gasteiger partial charge in [0.1, 0.15) is 0 Å². The van der Waals surface area contributed by atoms with E-state index in [1.165, 1.54) is 49.7 Å². The van der Waals surface area contributed by atoms with Crippen LogP contribution in [0.15, 0.2) is 35.5 Å². The zero-order valence-corrected chi connectivity index (χ0v) is 23.1. The molecule has 0 aromatic heterocycles. The smallest absolute Gasteiger partial charge is 0.741 e. The molecule has 0 fully saturated rings. The first kappa shape index (κ1) is 38.8. The molecule has 0 aromatic rings. The van der Waals surface area contributed by atoms with Gasteiger partial charge < -0.3 is 9.11 Å². The van der Waals surface area contributed by atoms with E-state index in [1.807, 2.05) is 0 Å². The zero-order valence-electron chi connectivity index (χ0n) is 19.0. The van der Waals surface area contributed by atoms with E-state index >= 15 is 0 Å². The fourth-order valence-electron chi connectivity index (χ4n) is 1.98. The van der Waals surface area contributed by atoms with Gasteiger partial charge in [0.2, 0.25) is 0 Å². The Morgan fingerprint density at radius 3 is 1.14 bits per heavy atom. The summed E-state index contributed by atoms with van der Waals surface area (Å²) in [6.45, 7) is 4.44. The summed E-state index contributed by atoms with van der Waals surface area (Å²) in [7, 11) is -12.2. The summed E-state index contributed by atoms with van der Waals surface area (Å²) >= 11 is 0. The van der Waals surface area contributed by atoms with Gasteiger partial charge in [-0.1, -0.05) is 52.4 Å². The van der Waals surface area contributed by atoms with Crippen LogP contribution in [0.2, 0.25) is 0 Å². The molecule has 0 radical (unpaired) electrons. The van der Waals surface area contributed by atoms with E-state index in [2.05, 4.69) is 50.3 Å². The van der Waals surface area contributed by atoms with Crippen molar-refractivity contribution in [3.63, 3.8) is 0 Å². The van der Waals surface area contributed by atoms with Crippen molar-refractivity contribution in [1.29, 1.82) is 0 Å². The molecule has 0 unspecified atom stereocenters. The van der Waals surface area contributed by atoms with Crippen molar-refractivity contribution in [2.45, 2.75) is 76.2 Å². The van der Waals surface area contributed by atoms with Gasteiger partial charge in [0.25, 0.3) is 0 Å². The van der Waals surface area contributed by atoms with Crippen LogP contribution in [-0.2, 0) is 46.4 Å². The summed E-state index contributed by atoms with van der Waals surface area (Å²) < 4.78 is 118. The molecule has 0 bridgehead atoms. The Labute approximate surface area is 221 Å². The van der Waals surface area contributed by atoms with Crippen molar-refractivity contribution in [3.05, 3.63) is 47.6 Å². The molecule has 15 heteroatoms. The first-order chi connectivity index (χ1) is 15.4. The van der Waals surface area contributed by atoms with Crippen molar-refractivity contribution >= 4 is 20.2 Å². The van der Waals surface area contributed by atoms with E-state index in [4.69, 9.17) is 25.9 Å². The fourth-order valence-corrected chi connectivity index (χ4v) is 1.98. The predicted octanol–water partition coefficient (Wildman–Crippen LogP) is 5.83. The Kier molecular flexibility index (Phi) is 20.5. The van der Waals surface area contributed by atoms with Gasteiger partial charge in [0.05, 0.1) is 0 Å². The SMILES string of the molecule is CCCCC1=[C-]CC=C1.CCCCC1=[C-]CC=C1.O=S(=O)([O-])C(F)(F)F.O=S(=O)([O-])C(F)(F)F.[Zr+4]. The first-order valence-electron chi connectivity index (χ1n) is 9.93. The van der Waals surface area contributed by atoms with Gasteiger partial charge in [-0.25, -0.2) is 40.1 Å². The van der Waals surface area contributed by atoms with Crippen molar-refractivity contribution in [3.8, 4) is 0 Å². The molecule has 0 saturated carbocycles. The largest absolute Gasteiger partial charge is 4.00 e. The molecule has 0 heterocycles. The molecule has 0 amide bonds. The predicted molar refractivity (Wildman–Crippen MR) is 112 cm³/mol. The number of rotatable bonds is 6. The monoisotopic (exact) mass is 630 g/mol. The molecule has 0 aliphatic heterocycles. The van der Waals surface area contributed by atoms with Crippen LogP contribution in [0.4, 0.5) is 26.3 Å². The summed E-state index contributed by atoms with van der Waals surface area (Å²) in [5, 5.41) is 0. The Balaban J connectivity index is -0.000000387. The fraction of sp³-hybridized carbons (Fsp3) is 0.600. The molecule has 2 aliphatic rings.